The predicted molar refractivity (Wildman–Crippen MR) is 84.6 cm³/mol. The lowest BCUT2D eigenvalue weighted by atomic mass is 9.89. The van der Waals surface area contributed by atoms with Gasteiger partial charge in [-0.2, -0.15) is 0 Å². The fourth-order valence-electron chi connectivity index (χ4n) is 2.98. The summed E-state index contributed by atoms with van der Waals surface area (Å²) in [5.41, 5.74) is 3.40. The zero-order valence-corrected chi connectivity index (χ0v) is 12.5. The molecule has 0 heterocycles. The lowest BCUT2D eigenvalue weighted by Gasteiger charge is -2.14. The minimum atomic E-state index is 0.0653. The first-order valence-corrected chi connectivity index (χ1v) is 7.44. The Morgan fingerprint density at radius 2 is 1.76 bits per heavy atom. The number of carbonyl (C=O) groups is 1. The molecule has 21 heavy (non-hydrogen) atoms. The molecule has 0 amide bonds. The molecule has 0 saturated heterocycles. The molecule has 0 aromatic heterocycles. The summed E-state index contributed by atoms with van der Waals surface area (Å²) in [6, 6.07) is 16.4. The Hall–Kier alpha value is -2.09. The molecule has 0 aliphatic heterocycles. The average molecular weight is 280 g/mol. The summed E-state index contributed by atoms with van der Waals surface area (Å²) in [4.78, 5) is 12.0. The summed E-state index contributed by atoms with van der Waals surface area (Å²) >= 11 is 0. The number of Topliss-reactive ketones (excluding diaryl/α,β-unsaturated/α-hetero) is 1. The first-order valence-electron chi connectivity index (χ1n) is 7.44. The minimum absolute atomic E-state index is 0.0653. The Morgan fingerprint density at radius 3 is 2.38 bits per heavy atom. The van der Waals surface area contributed by atoms with Crippen LogP contribution in [0.5, 0.6) is 5.75 Å². The van der Waals surface area contributed by atoms with Gasteiger partial charge in [0.25, 0.3) is 0 Å². The molecule has 0 radical (unpaired) electrons. The predicted octanol–water partition coefficient (Wildman–Crippen LogP) is 4.44. The number of hydrogen-bond donors (Lipinski definition) is 0. The largest absolute Gasteiger partial charge is 0.497 e. The van der Waals surface area contributed by atoms with Crippen molar-refractivity contribution in [3.63, 3.8) is 0 Å². The summed E-state index contributed by atoms with van der Waals surface area (Å²) in [5, 5.41) is 0. The van der Waals surface area contributed by atoms with Crippen molar-refractivity contribution in [3.05, 3.63) is 54.1 Å². The van der Waals surface area contributed by atoms with Gasteiger partial charge in [0.1, 0.15) is 11.5 Å². The lowest BCUT2D eigenvalue weighted by Crippen LogP contribution is -2.11. The third kappa shape index (κ3) is 2.99. The third-order valence-corrected chi connectivity index (χ3v) is 4.18. The van der Waals surface area contributed by atoms with Crippen LogP contribution >= 0.6 is 0 Å². The van der Waals surface area contributed by atoms with E-state index in [9.17, 15) is 4.79 Å². The van der Waals surface area contributed by atoms with Gasteiger partial charge in [0.15, 0.2) is 0 Å². The highest BCUT2D eigenvalue weighted by molar-refractivity contribution is 5.84. The van der Waals surface area contributed by atoms with E-state index in [2.05, 4.69) is 24.3 Å². The van der Waals surface area contributed by atoms with Crippen LogP contribution < -0.4 is 4.74 Å². The van der Waals surface area contributed by atoms with Crippen LogP contribution in [0.2, 0.25) is 0 Å². The molecule has 1 aliphatic carbocycles. The number of carbonyl (C=O) groups excluding carboxylic acids is 1. The van der Waals surface area contributed by atoms with Crippen LogP contribution in [0.4, 0.5) is 0 Å². The molecule has 0 N–H and O–H groups in total. The molecule has 1 saturated carbocycles. The normalized spacial score (nSPS) is 15.5. The molecule has 1 unspecified atom stereocenters. The second-order valence-electron chi connectivity index (χ2n) is 5.78. The van der Waals surface area contributed by atoms with E-state index in [1.54, 1.807) is 14.0 Å². The van der Waals surface area contributed by atoms with Crippen LogP contribution in [0.15, 0.2) is 48.5 Å². The van der Waals surface area contributed by atoms with E-state index in [4.69, 9.17) is 4.74 Å². The number of hydrogen-bond acceptors (Lipinski definition) is 2. The quantitative estimate of drug-likeness (QED) is 0.809. The molecule has 0 bridgehead atoms. The van der Waals surface area contributed by atoms with Gasteiger partial charge < -0.3 is 4.74 Å². The van der Waals surface area contributed by atoms with Crippen LogP contribution in [-0.2, 0) is 4.79 Å². The van der Waals surface area contributed by atoms with Gasteiger partial charge in [-0.1, -0.05) is 36.4 Å². The van der Waals surface area contributed by atoms with Gasteiger partial charge in [-0.3, -0.25) is 4.79 Å². The second-order valence-corrected chi connectivity index (χ2v) is 5.78. The number of methoxy groups -OCH3 is 1. The van der Waals surface area contributed by atoms with E-state index in [0.29, 0.717) is 5.92 Å². The van der Waals surface area contributed by atoms with Crippen LogP contribution in [0.3, 0.4) is 0 Å². The van der Waals surface area contributed by atoms with Crippen molar-refractivity contribution in [2.75, 3.05) is 7.11 Å². The van der Waals surface area contributed by atoms with Gasteiger partial charge in [-0.25, -0.2) is 0 Å². The molecule has 1 aliphatic rings. The summed E-state index contributed by atoms with van der Waals surface area (Å²) in [7, 11) is 1.68. The van der Waals surface area contributed by atoms with Crippen molar-refractivity contribution in [1.29, 1.82) is 0 Å². The van der Waals surface area contributed by atoms with Gasteiger partial charge in [0.05, 0.1) is 7.11 Å². The van der Waals surface area contributed by atoms with Crippen molar-refractivity contribution in [1.82, 2.24) is 0 Å². The number of rotatable bonds is 5. The van der Waals surface area contributed by atoms with Gasteiger partial charge in [0, 0.05) is 5.92 Å². The highest BCUT2D eigenvalue weighted by Crippen LogP contribution is 2.43. The molecular formula is C19H20O2. The lowest BCUT2D eigenvalue weighted by molar-refractivity contribution is -0.118. The monoisotopic (exact) mass is 280 g/mol. The standard InChI is InChI=1S/C19H20O2/c1-13(20)19(14-9-10-14)17-7-3-5-15(11-17)16-6-4-8-18(12-16)21-2/h3-8,11-12,14,19H,9-10H2,1-2H3. The molecule has 1 atom stereocenters. The summed E-state index contributed by atoms with van der Waals surface area (Å²) in [5.74, 6) is 1.74. The molecular weight excluding hydrogens is 260 g/mol. The van der Waals surface area contributed by atoms with Crippen LogP contribution in [-0.4, -0.2) is 12.9 Å². The smallest absolute Gasteiger partial charge is 0.137 e. The minimum Gasteiger partial charge on any atom is -0.497 e. The van der Waals surface area contributed by atoms with E-state index in [-0.39, 0.29) is 11.7 Å². The van der Waals surface area contributed by atoms with Crippen molar-refractivity contribution >= 4 is 5.78 Å². The van der Waals surface area contributed by atoms with Crippen LogP contribution in [0.1, 0.15) is 31.2 Å². The zero-order valence-electron chi connectivity index (χ0n) is 12.5. The first kappa shape index (κ1) is 13.9. The third-order valence-electron chi connectivity index (χ3n) is 4.18. The summed E-state index contributed by atoms with van der Waals surface area (Å²) < 4.78 is 5.29. The molecule has 2 aromatic carbocycles. The molecule has 108 valence electrons. The maximum Gasteiger partial charge on any atom is 0.137 e. The van der Waals surface area contributed by atoms with Crippen molar-refractivity contribution in [2.45, 2.75) is 25.7 Å². The Bertz CT molecular complexity index is 656. The second kappa shape index (κ2) is 5.72. The molecule has 2 nitrogen and oxygen atoms in total. The SMILES string of the molecule is COc1cccc(-c2cccc(C(C(C)=O)C3CC3)c2)c1. The van der Waals surface area contributed by atoms with E-state index in [1.807, 2.05) is 24.3 Å². The molecule has 0 spiro atoms. The van der Waals surface area contributed by atoms with E-state index >= 15 is 0 Å². The Kier molecular flexibility index (Phi) is 3.78. The van der Waals surface area contributed by atoms with E-state index in [0.717, 1.165) is 22.4 Å². The van der Waals surface area contributed by atoms with Gasteiger partial charge in [0.2, 0.25) is 0 Å². The first-order chi connectivity index (χ1) is 10.2. The maximum atomic E-state index is 12.0. The Labute approximate surface area is 125 Å². The molecule has 1 fully saturated rings. The van der Waals surface area contributed by atoms with Gasteiger partial charge >= 0.3 is 0 Å². The number of ether oxygens (including phenoxy) is 1. The van der Waals surface area contributed by atoms with Crippen LogP contribution in [0.25, 0.3) is 11.1 Å². The Morgan fingerprint density at radius 1 is 1.10 bits per heavy atom. The summed E-state index contributed by atoms with van der Waals surface area (Å²) in [6.07, 6.45) is 2.35. The number of ketones is 1. The van der Waals surface area contributed by atoms with Gasteiger partial charge in [-0.15, -0.1) is 0 Å². The van der Waals surface area contributed by atoms with Crippen molar-refractivity contribution in [2.24, 2.45) is 5.92 Å². The molecule has 2 heteroatoms. The zero-order chi connectivity index (χ0) is 14.8. The van der Waals surface area contributed by atoms with Crippen molar-refractivity contribution in [3.8, 4) is 16.9 Å². The van der Waals surface area contributed by atoms with Crippen LogP contribution in [0, 0.1) is 5.92 Å². The maximum absolute atomic E-state index is 12.0. The van der Waals surface area contributed by atoms with E-state index < -0.39 is 0 Å². The fourth-order valence-corrected chi connectivity index (χ4v) is 2.98. The number of benzene rings is 2. The molecule has 2 aromatic rings. The van der Waals surface area contributed by atoms with Gasteiger partial charge in [-0.05, 0) is 54.5 Å². The summed E-state index contributed by atoms with van der Waals surface area (Å²) in [6.45, 7) is 1.71. The Balaban J connectivity index is 1.97. The topological polar surface area (TPSA) is 26.3 Å². The van der Waals surface area contributed by atoms with E-state index in [1.165, 1.54) is 12.8 Å². The highest BCUT2D eigenvalue weighted by atomic mass is 16.5. The fraction of sp³-hybridized carbons (Fsp3) is 0.316. The highest BCUT2D eigenvalue weighted by Gasteiger charge is 2.35. The molecule has 3 rings (SSSR count). The van der Waals surface area contributed by atoms with Crippen molar-refractivity contribution < 1.29 is 9.53 Å². The average Bonchev–Trinajstić information content (AvgIpc) is 3.32.